The van der Waals surface area contributed by atoms with Crippen LogP contribution < -0.4 is 4.74 Å². The molecule has 0 bridgehead atoms. The number of carbonyl (C=O) groups excluding carboxylic acids is 1. The van der Waals surface area contributed by atoms with Crippen molar-refractivity contribution in [2.24, 2.45) is 5.92 Å². The van der Waals surface area contributed by atoms with E-state index in [1.54, 1.807) is 22.6 Å². The Bertz CT molecular complexity index is 627. The fourth-order valence-corrected chi connectivity index (χ4v) is 3.39. The second kappa shape index (κ2) is 6.98. The molecule has 128 valence electrons. The first-order valence-electron chi connectivity index (χ1n) is 5.32. The van der Waals surface area contributed by atoms with Gasteiger partial charge >= 0.3 is 24.3 Å². The maximum atomic E-state index is 12.5. The van der Waals surface area contributed by atoms with Gasteiger partial charge in [-0.2, -0.15) is 26.3 Å². The number of aromatic carboxylic acids is 1. The maximum absolute atomic E-state index is 12.5. The summed E-state index contributed by atoms with van der Waals surface area (Å²) < 4.78 is 79.1. The lowest BCUT2D eigenvalue weighted by Gasteiger charge is -2.21. The van der Waals surface area contributed by atoms with Gasteiger partial charge in [0.15, 0.2) is 5.75 Å². The highest BCUT2D eigenvalue weighted by Gasteiger charge is 2.62. The van der Waals surface area contributed by atoms with Gasteiger partial charge < -0.3 is 9.84 Å². The van der Waals surface area contributed by atoms with Crippen LogP contribution in [-0.2, 0) is 4.79 Å². The first kappa shape index (κ1) is 20.2. The largest absolute Gasteiger partial charge is 0.478 e. The zero-order chi connectivity index (χ0) is 18.2. The summed E-state index contributed by atoms with van der Waals surface area (Å²) in [6.45, 7) is 0. The van der Waals surface area contributed by atoms with Crippen molar-refractivity contribution in [3.8, 4) is 5.75 Å². The van der Waals surface area contributed by atoms with Crippen molar-refractivity contribution in [1.29, 1.82) is 0 Å². The average molecular weight is 568 g/mol. The summed E-state index contributed by atoms with van der Waals surface area (Å²) in [7, 11) is 0. The second-order valence-electron chi connectivity index (χ2n) is 4.01. The zero-order valence-electron chi connectivity index (χ0n) is 10.4. The molecule has 4 nitrogen and oxygen atoms in total. The maximum Gasteiger partial charge on any atom is 0.411 e. The molecule has 0 aliphatic heterocycles. The summed E-state index contributed by atoms with van der Waals surface area (Å²) in [6, 6.07) is 2.18. The van der Waals surface area contributed by atoms with E-state index in [0.717, 1.165) is 6.07 Å². The predicted octanol–water partition coefficient (Wildman–Crippen LogP) is 4.24. The lowest BCUT2D eigenvalue weighted by atomic mass is 10.1. The molecule has 0 saturated heterocycles. The van der Waals surface area contributed by atoms with E-state index in [4.69, 9.17) is 5.11 Å². The molecule has 0 spiro atoms. The van der Waals surface area contributed by atoms with E-state index in [-0.39, 0.29) is 3.57 Å². The van der Waals surface area contributed by atoms with Gasteiger partial charge in [0.05, 0.1) is 3.57 Å². The van der Waals surface area contributed by atoms with Crippen LogP contribution >= 0.6 is 45.2 Å². The van der Waals surface area contributed by atoms with Crippen LogP contribution in [0.1, 0.15) is 10.4 Å². The molecular formula is C11H4F6I2O4. The second-order valence-corrected chi connectivity index (χ2v) is 6.41. The van der Waals surface area contributed by atoms with Crippen molar-refractivity contribution in [2.45, 2.75) is 12.4 Å². The number of esters is 1. The molecule has 0 saturated carbocycles. The van der Waals surface area contributed by atoms with Crippen molar-refractivity contribution < 1.29 is 45.8 Å². The van der Waals surface area contributed by atoms with E-state index in [2.05, 4.69) is 4.74 Å². The van der Waals surface area contributed by atoms with Crippen molar-refractivity contribution in [2.75, 3.05) is 0 Å². The monoisotopic (exact) mass is 568 g/mol. The van der Waals surface area contributed by atoms with Gasteiger partial charge in [0.1, 0.15) is 5.56 Å². The Hall–Kier alpha value is -0.800. The number of alkyl halides is 6. The molecular weight excluding hydrogens is 564 g/mol. The first-order chi connectivity index (χ1) is 10.2. The molecule has 1 aromatic rings. The standard InChI is InChI=1S/C11H4F6I2O4/c12-10(13,14)7(11(15,16)17)9(22)23-6-4(8(20)21)1-3(18)2-5(6)19/h1-2,7H,(H,20,21). The lowest BCUT2D eigenvalue weighted by Crippen LogP contribution is -2.44. The van der Waals surface area contributed by atoms with Gasteiger partial charge in [0.25, 0.3) is 0 Å². The van der Waals surface area contributed by atoms with Gasteiger partial charge in [-0.25, -0.2) is 4.79 Å². The van der Waals surface area contributed by atoms with Gasteiger partial charge in [0.2, 0.25) is 5.92 Å². The normalized spacial score (nSPS) is 12.4. The summed E-state index contributed by atoms with van der Waals surface area (Å²) in [5.41, 5.74) is -0.724. The molecule has 0 unspecified atom stereocenters. The SMILES string of the molecule is O=C(O)c1cc(I)cc(I)c1OC(=O)C(C(F)(F)F)C(F)(F)F. The van der Waals surface area contributed by atoms with Crippen molar-refractivity contribution >= 4 is 57.1 Å². The van der Waals surface area contributed by atoms with Gasteiger partial charge in [0, 0.05) is 3.57 Å². The Balaban J connectivity index is 3.31. The molecule has 12 heteroatoms. The molecule has 23 heavy (non-hydrogen) atoms. The van der Waals surface area contributed by atoms with Crippen molar-refractivity contribution in [1.82, 2.24) is 0 Å². The Morgan fingerprint density at radius 1 is 1.04 bits per heavy atom. The van der Waals surface area contributed by atoms with E-state index in [0.29, 0.717) is 3.57 Å². The van der Waals surface area contributed by atoms with E-state index in [1.165, 1.54) is 28.7 Å². The van der Waals surface area contributed by atoms with E-state index >= 15 is 0 Å². The number of hydrogen-bond donors (Lipinski definition) is 1. The average Bonchev–Trinajstić information content (AvgIpc) is 2.27. The predicted molar refractivity (Wildman–Crippen MR) is 80.1 cm³/mol. The van der Waals surface area contributed by atoms with Crippen LogP contribution in [0.2, 0.25) is 0 Å². The molecule has 0 aliphatic carbocycles. The highest BCUT2D eigenvalue weighted by Crippen LogP contribution is 2.41. The first-order valence-corrected chi connectivity index (χ1v) is 7.48. The summed E-state index contributed by atoms with van der Waals surface area (Å²) in [5, 5.41) is 8.94. The van der Waals surface area contributed by atoms with Crippen LogP contribution in [0.15, 0.2) is 12.1 Å². The summed E-state index contributed by atoms with van der Waals surface area (Å²) in [4.78, 5) is 22.4. The quantitative estimate of drug-likeness (QED) is 0.257. The number of carbonyl (C=O) groups is 2. The summed E-state index contributed by atoms with van der Waals surface area (Å²) in [6.07, 6.45) is -11.8. The Morgan fingerprint density at radius 3 is 1.91 bits per heavy atom. The molecule has 0 atom stereocenters. The summed E-state index contributed by atoms with van der Waals surface area (Å²) in [5.74, 6) is -9.56. The molecule has 0 amide bonds. The van der Waals surface area contributed by atoms with E-state index < -0.39 is 41.5 Å². The van der Waals surface area contributed by atoms with Crippen molar-refractivity contribution in [3.05, 3.63) is 24.8 Å². The molecule has 0 aromatic heterocycles. The topological polar surface area (TPSA) is 63.6 Å². The number of ether oxygens (including phenoxy) is 1. The number of carboxylic acid groups (broad SMARTS) is 1. The molecule has 0 heterocycles. The molecule has 0 aliphatic rings. The molecule has 0 fully saturated rings. The third-order valence-electron chi connectivity index (χ3n) is 2.33. The van der Waals surface area contributed by atoms with Gasteiger partial charge in [-0.1, -0.05) is 0 Å². The smallest absolute Gasteiger partial charge is 0.411 e. The molecule has 1 aromatic carbocycles. The van der Waals surface area contributed by atoms with Crippen LogP contribution in [0.5, 0.6) is 5.75 Å². The minimum absolute atomic E-state index is 0.122. The number of benzene rings is 1. The zero-order valence-corrected chi connectivity index (χ0v) is 14.7. The molecule has 1 N–H and O–H groups in total. The van der Waals surface area contributed by atoms with Crippen LogP contribution in [0.25, 0.3) is 0 Å². The number of carboxylic acids is 1. The fraction of sp³-hybridized carbons (Fsp3) is 0.273. The Kier molecular flexibility index (Phi) is 6.15. The third-order valence-corrected chi connectivity index (χ3v) is 3.76. The summed E-state index contributed by atoms with van der Waals surface area (Å²) >= 11 is 3.12. The molecule has 0 radical (unpaired) electrons. The highest BCUT2D eigenvalue weighted by atomic mass is 127. The van der Waals surface area contributed by atoms with E-state index in [1.807, 2.05) is 0 Å². The van der Waals surface area contributed by atoms with Gasteiger partial charge in [-0.05, 0) is 57.3 Å². The number of halogens is 8. The fourth-order valence-electron chi connectivity index (χ4n) is 1.44. The van der Waals surface area contributed by atoms with Crippen molar-refractivity contribution in [3.63, 3.8) is 0 Å². The van der Waals surface area contributed by atoms with Gasteiger partial charge in [-0.15, -0.1) is 0 Å². The van der Waals surface area contributed by atoms with Crippen LogP contribution in [0, 0.1) is 13.1 Å². The third kappa shape index (κ3) is 5.09. The number of hydrogen-bond acceptors (Lipinski definition) is 3. The Labute approximate surface area is 151 Å². The Morgan fingerprint density at radius 2 is 1.52 bits per heavy atom. The van der Waals surface area contributed by atoms with Crippen LogP contribution in [0.3, 0.4) is 0 Å². The minimum atomic E-state index is -5.92. The lowest BCUT2D eigenvalue weighted by molar-refractivity contribution is -0.279. The van der Waals surface area contributed by atoms with Crippen LogP contribution in [-0.4, -0.2) is 29.4 Å². The highest BCUT2D eigenvalue weighted by molar-refractivity contribution is 14.1. The van der Waals surface area contributed by atoms with E-state index in [9.17, 15) is 35.9 Å². The van der Waals surface area contributed by atoms with Crippen LogP contribution in [0.4, 0.5) is 26.3 Å². The van der Waals surface area contributed by atoms with Gasteiger partial charge in [-0.3, -0.25) is 4.79 Å². The molecule has 1 rings (SSSR count). The number of rotatable bonds is 3. The minimum Gasteiger partial charge on any atom is -0.478 e.